The Morgan fingerprint density at radius 2 is 1.88 bits per heavy atom. The fourth-order valence-electron chi connectivity index (χ4n) is 2.34. The standard InChI is InChI=1S/C18H22N2O3S2/c1-3-11-20(25(2,22)23)15-18(21)19(14-17-10-7-12-24-17)13-16-8-5-4-6-9-16/h3-10,12H,1,11,13-15H2,2H3. The Morgan fingerprint density at radius 3 is 2.44 bits per heavy atom. The molecule has 0 spiro atoms. The number of hydrogen-bond donors (Lipinski definition) is 0. The van der Waals surface area contributed by atoms with E-state index in [0.29, 0.717) is 13.1 Å². The molecular formula is C18H22N2O3S2. The minimum Gasteiger partial charge on any atom is -0.332 e. The van der Waals surface area contributed by atoms with Crippen molar-refractivity contribution in [3.05, 3.63) is 70.9 Å². The zero-order valence-corrected chi connectivity index (χ0v) is 15.8. The molecule has 0 N–H and O–H groups in total. The molecule has 0 aliphatic heterocycles. The Bertz CT molecular complexity index is 787. The predicted octanol–water partition coefficient (Wildman–Crippen LogP) is 2.72. The molecule has 0 aliphatic rings. The number of nitrogens with zero attached hydrogens (tertiary/aromatic N) is 2. The van der Waals surface area contributed by atoms with Crippen molar-refractivity contribution in [2.24, 2.45) is 0 Å². The van der Waals surface area contributed by atoms with Crippen LogP contribution in [0.25, 0.3) is 0 Å². The van der Waals surface area contributed by atoms with Gasteiger partial charge in [-0.05, 0) is 17.0 Å². The quantitative estimate of drug-likeness (QED) is 0.631. The molecule has 1 amide bonds. The van der Waals surface area contributed by atoms with Gasteiger partial charge in [0.25, 0.3) is 0 Å². The molecule has 134 valence electrons. The van der Waals surface area contributed by atoms with Crippen molar-refractivity contribution in [3.63, 3.8) is 0 Å². The van der Waals surface area contributed by atoms with Gasteiger partial charge in [-0.15, -0.1) is 17.9 Å². The van der Waals surface area contributed by atoms with Crippen LogP contribution in [0.1, 0.15) is 10.4 Å². The fourth-order valence-corrected chi connectivity index (χ4v) is 3.78. The molecule has 1 aromatic carbocycles. The van der Waals surface area contributed by atoms with Crippen LogP contribution in [0.5, 0.6) is 0 Å². The Morgan fingerprint density at radius 1 is 1.16 bits per heavy atom. The monoisotopic (exact) mass is 378 g/mol. The molecule has 1 aromatic heterocycles. The van der Waals surface area contributed by atoms with Gasteiger partial charge in [-0.1, -0.05) is 42.5 Å². The lowest BCUT2D eigenvalue weighted by Crippen LogP contribution is -2.42. The van der Waals surface area contributed by atoms with E-state index in [0.717, 1.165) is 21.0 Å². The van der Waals surface area contributed by atoms with E-state index in [4.69, 9.17) is 0 Å². The Labute approximate surface area is 153 Å². The zero-order valence-electron chi connectivity index (χ0n) is 14.2. The molecule has 0 aliphatic carbocycles. The summed E-state index contributed by atoms with van der Waals surface area (Å²) < 4.78 is 24.9. The maximum absolute atomic E-state index is 12.8. The van der Waals surface area contributed by atoms with E-state index in [-0.39, 0.29) is 19.0 Å². The molecule has 0 fully saturated rings. The molecule has 5 nitrogen and oxygen atoms in total. The third kappa shape index (κ3) is 6.12. The van der Waals surface area contributed by atoms with E-state index in [1.54, 1.807) is 16.2 Å². The molecule has 2 aromatic rings. The van der Waals surface area contributed by atoms with Gasteiger partial charge < -0.3 is 4.90 Å². The first-order valence-electron chi connectivity index (χ1n) is 7.80. The second-order valence-corrected chi connectivity index (χ2v) is 8.67. The van der Waals surface area contributed by atoms with Crippen molar-refractivity contribution < 1.29 is 13.2 Å². The lowest BCUT2D eigenvalue weighted by Gasteiger charge is -2.26. The number of amides is 1. The minimum absolute atomic E-state index is 0.114. The Balaban J connectivity index is 2.17. The van der Waals surface area contributed by atoms with Gasteiger partial charge in [0, 0.05) is 18.0 Å². The van der Waals surface area contributed by atoms with Gasteiger partial charge in [0.05, 0.1) is 19.3 Å². The van der Waals surface area contributed by atoms with Crippen LogP contribution in [0.2, 0.25) is 0 Å². The lowest BCUT2D eigenvalue weighted by molar-refractivity contribution is -0.132. The van der Waals surface area contributed by atoms with Crippen LogP contribution < -0.4 is 0 Å². The average Bonchev–Trinajstić information content (AvgIpc) is 3.07. The topological polar surface area (TPSA) is 57.7 Å². The molecule has 25 heavy (non-hydrogen) atoms. The highest BCUT2D eigenvalue weighted by Gasteiger charge is 2.23. The summed E-state index contributed by atoms with van der Waals surface area (Å²) in [7, 11) is -3.47. The summed E-state index contributed by atoms with van der Waals surface area (Å²) >= 11 is 1.57. The molecule has 7 heteroatoms. The van der Waals surface area contributed by atoms with Crippen LogP contribution in [0.15, 0.2) is 60.5 Å². The fraction of sp³-hybridized carbons (Fsp3) is 0.278. The van der Waals surface area contributed by atoms with Gasteiger partial charge in [-0.25, -0.2) is 8.42 Å². The summed E-state index contributed by atoms with van der Waals surface area (Å²) in [4.78, 5) is 15.5. The van der Waals surface area contributed by atoms with Gasteiger partial charge in [0.15, 0.2) is 0 Å². The van der Waals surface area contributed by atoms with Gasteiger partial charge in [-0.3, -0.25) is 4.79 Å². The molecule has 0 bridgehead atoms. The molecule has 2 rings (SSSR count). The Kier molecular flexibility index (Phi) is 6.92. The molecule has 0 atom stereocenters. The second-order valence-electron chi connectivity index (χ2n) is 5.66. The van der Waals surface area contributed by atoms with E-state index < -0.39 is 10.0 Å². The van der Waals surface area contributed by atoms with Crippen LogP contribution >= 0.6 is 11.3 Å². The third-order valence-corrected chi connectivity index (χ3v) is 5.69. The first kappa shape index (κ1) is 19.4. The molecule has 0 saturated carbocycles. The van der Waals surface area contributed by atoms with Crippen molar-refractivity contribution in [1.82, 2.24) is 9.21 Å². The van der Waals surface area contributed by atoms with Gasteiger partial charge in [-0.2, -0.15) is 4.31 Å². The van der Waals surface area contributed by atoms with Crippen molar-refractivity contribution in [3.8, 4) is 0 Å². The number of hydrogen-bond acceptors (Lipinski definition) is 4. The number of carbonyl (C=O) groups is 1. The first-order chi connectivity index (χ1) is 11.9. The Hall–Kier alpha value is -1.96. The number of carbonyl (C=O) groups excluding carboxylic acids is 1. The average molecular weight is 379 g/mol. The smallest absolute Gasteiger partial charge is 0.238 e. The molecule has 0 radical (unpaired) electrons. The van der Waals surface area contributed by atoms with Crippen molar-refractivity contribution in [1.29, 1.82) is 0 Å². The number of benzene rings is 1. The zero-order chi connectivity index (χ0) is 18.3. The van der Waals surface area contributed by atoms with Crippen LogP contribution in [0, 0.1) is 0 Å². The predicted molar refractivity (Wildman–Crippen MR) is 102 cm³/mol. The summed E-state index contributed by atoms with van der Waals surface area (Å²) in [6.45, 7) is 4.38. The van der Waals surface area contributed by atoms with Crippen LogP contribution in [-0.2, 0) is 27.9 Å². The van der Waals surface area contributed by atoms with Crippen molar-refractivity contribution in [2.45, 2.75) is 13.1 Å². The highest BCUT2D eigenvalue weighted by Crippen LogP contribution is 2.15. The van der Waals surface area contributed by atoms with E-state index in [9.17, 15) is 13.2 Å². The van der Waals surface area contributed by atoms with Gasteiger partial charge in [0.1, 0.15) is 0 Å². The highest BCUT2D eigenvalue weighted by atomic mass is 32.2. The summed E-state index contributed by atoms with van der Waals surface area (Å²) in [6, 6.07) is 13.6. The number of sulfonamides is 1. The second kappa shape index (κ2) is 8.94. The highest BCUT2D eigenvalue weighted by molar-refractivity contribution is 7.88. The summed E-state index contributed by atoms with van der Waals surface area (Å²) in [5.41, 5.74) is 1.00. The van der Waals surface area contributed by atoms with E-state index in [1.807, 2.05) is 47.8 Å². The van der Waals surface area contributed by atoms with Crippen molar-refractivity contribution in [2.75, 3.05) is 19.3 Å². The summed E-state index contributed by atoms with van der Waals surface area (Å²) in [5.74, 6) is -0.232. The van der Waals surface area contributed by atoms with Crippen LogP contribution in [0.3, 0.4) is 0 Å². The van der Waals surface area contributed by atoms with Crippen LogP contribution in [-0.4, -0.2) is 42.9 Å². The largest absolute Gasteiger partial charge is 0.332 e. The van der Waals surface area contributed by atoms with E-state index >= 15 is 0 Å². The third-order valence-electron chi connectivity index (χ3n) is 3.61. The summed E-state index contributed by atoms with van der Waals surface area (Å²) in [5, 5.41) is 1.96. The SMILES string of the molecule is C=CCN(CC(=O)N(Cc1ccccc1)Cc1cccs1)S(C)(=O)=O. The van der Waals surface area contributed by atoms with Crippen molar-refractivity contribution >= 4 is 27.3 Å². The van der Waals surface area contributed by atoms with Crippen LogP contribution in [0.4, 0.5) is 0 Å². The molecular weight excluding hydrogens is 356 g/mol. The lowest BCUT2D eigenvalue weighted by atomic mass is 10.2. The number of rotatable bonds is 9. The minimum atomic E-state index is -3.47. The maximum Gasteiger partial charge on any atom is 0.238 e. The molecule has 0 unspecified atom stereocenters. The first-order valence-corrected chi connectivity index (χ1v) is 10.5. The molecule has 1 heterocycles. The summed E-state index contributed by atoms with van der Waals surface area (Å²) in [6.07, 6.45) is 2.58. The van der Waals surface area contributed by atoms with Gasteiger partial charge in [0.2, 0.25) is 15.9 Å². The van der Waals surface area contributed by atoms with E-state index in [1.165, 1.54) is 6.08 Å². The normalized spacial score (nSPS) is 11.4. The number of thiophene rings is 1. The van der Waals surface area contributed by atoms with Gasteiger partial charge >= 0.3 is 0 Å². The maximum atomic E-state index is 12.8. The molecule has 0 saturated heterocycles. The van der Waals surface area contributed by atoms with E-state index in [2.05, 4.69) is 6.58 Å².